The number of rotatable bonds is 6. The van der Waals surface area contributed by atoms with Crippen molar-refractivity contribution in [3.8, 4) is 0 Å². The average Bonchev–Trinajstić information content (AvgIpc) is 2.86. The number of benzene rings is 1. The lowest BCUT2D eigenvalue weighted by Crippen LogP contribution is -2.27. The number of sulfonamides is 1. The zero-order valence-corrected chi connectivity index (χ0v) is 16.2. The second-order valence-electron chi connectivity index (χ2n) is 5.70. The van der Waals surface area contributed by atoms with Crippen LogP contribution in [-0.2, 0) is 23.6 Å². The molecule has 1 atom stereocenters. The fourth-order valence-corrected chi connectivity index (χ4v) is 3.90. The Kier molecular flexibility index (Phi) is 5.65. The van der Waals surface area contributed by atoms with E-state index in [2.05, 4.69) is 34.9 Å². The van der Waals surface area contributed by atoms with Gasteiger partial charge in [0, 0.05) is 14.1 Å². The molecule has 0 unspecified atom stereocenters. The van der Waals surface area contributed by atoms with Gasteiger partial charge in [-0.3, -0.25) is 4.68 Å². The molecule has 1 aromatic carbocycles. The van der Waals surface area contributed by atoms with E-state index >= 15 is 0 Å². The van der Waals surface area contributed by atoms with Gasteiger partial charge in [0.15, 0.2) is 0 Å². The lowest BCUT2D eigenvalue weighted by molar-refractivity contribution is 0.452. The van der Waals surface area contributed by atoms with Gasteiger partial charge in [0.25, 0.3) is 0 Å². The van der Waals surface area contributed by atoms with Crippen molar-refractivity contribution in [1.82, 2.24) is 14.1 Å². The van der Waals surface area contributed by atoms with E-state index in [1.165, 1.54) is 4.31 Å². The Hall–Kier alpha value is -1.18. The summed E-state index contributed by atoms with van der Waals surface area (Å²) in [4.78, 5) is 0.311. The Morgan fingerprint density at radius 2 is 1.91 bits per heavy atom. The smallest absolute Gasteiger partial charge is 0.243 e. The molecule has 7 heteroatoms. The summed E-state index contributed by atoms with van der Waals surface area (Å²) in [5.74, 6) is 0.426. The molecule has 0 bridgehead atoms. The predicted molar refractivity (Wildman–Crippen MR) is 94.7 cm³/mol. The van der Waals surface area contributed by atoms with Crippen LogP contribution in [-0.4, -0.2) is 29.6 Å². The normalized spacial score (nSPS) is 13.5. The highest BCUT2D eigenvalue weighted by Gasteiger charge is 2.23. The van der Waals surface area contributed by atoms with Gasteiger partial charge in [0.2, 0.25) is 10.0 Å². The first-order valence-electron chi connectivity index (χ1n) is 7.50. The summed E-state index contributed by atoms with van der Waals surface area (Å²) < 4.78 is 29.2. The molecule has 0 aliphatic carbocycles. The van der Waals surface area contributed by atoms with E-state index < -0.39 is 10.0 Å². The molecular formula is C16H22BrN3O2S. The van der Waals surface area contributed by atoms with Crippen molar-refractivity contribution in [3.63, 3.8) is 0 Å². The lowest BCUT2D eigenvalue weighted by atomic mass is 9.99. The molecule has 2 aromatic rings. The standard InChI is InChI=1S/C16H22BrN3O2S/c1-5-12(2)13-6-8-14(9-7-13)23(21,22)19(3)11-16-15(17)10-18-20(16)4/h6-10,12H,5,11H2,1-4H3/t12-/m0/s1. The summed E-state index contributed by atoms with van der Waals surface area (Å²) in [6.07, 6.45) is 2.69. The van der Waals surface area contributed by atoms with E-state index in [0.29, 0.717) is 10.8 Å². The van der Waals surface area contributed by atoms with Crippen molar-refractivity contribution in [2.24, 2.45) is 7.05 Å². The van der Waals surface area contributed by atoms with Crippen molar-refractivity contribution >= 4 is 26.0 Å². The molecule has 0 fully saturated rings. The minimum Gasteiger partial charge on any atom is -0.270 e. The lowest BCUT2D eigenvalue weighted by Gasteiger charge is -2.18. The summed E-state index contributed by atoms with van der Waals surface area (Å²) in [5, 5.41) is 4.11. The number of hydrogen-bond acceptors (Lipinski definition) is 3. The SMILES string of the molecule is CC[C@H](C)c1ccc(S(=O)(=O)N(C)Cc2c(Br)cnn2C)cc1. The summed E-state index contributed by atoms with van der Waals surface area (Å²) in [7, 11) is -0.153. The highest BCUT2D eigenvalue weighted by atomic mass is 79.9. The number of nitrogens with zero attached hydrogens (tertiary/aromatic N) is 3. The Labute approximate surface area is 146 Å². The first kappa shape index (κ1) is 18.2. The van der Waals surface area contributed by atoms with E-state index in [1.807, 2.05) is 12.1 Å². The monoisotopic (exact) mass is 399 g/mol. The van der Waals surface area contributed by atoms with E-state index in [0.717, 1.165) is 22.2 Å². The van der Waals surface area contributed by atoms with Crippen LogP contribution in [0.4, 0.5) is 0 Å². The number of aromatic nitrogens is 2. The highest BCUT2D eigenvalue weighted by Crippen LogP contribution is 2.24. The van der Waals surface area contributed by atoms with Crippen molar-refractivity contribution in [1.29, 1.82) is 0 Å². The average molecular weight is 400 g/mol. The van der Waals surface area contributed by atoms with Gasteiger partial charge < -0.3 is 0 Å². The second kappa shape index (κ2) is 7.15. The van der Waals surface area contributed by atoms with Crippen LogP contribution in [0.5, 0.6) is 0 Å². The van der Waals surface area contributed by atoms with Crippen LogP contribution >= 0.6 is 15.9 Å². The van der Waals surface area contributed by atoms with Crippen LogP contribution in [0.2, 0.25) is 0 Å². The maximum Gasteiger partial charge on any atom is 0.243 e. The fraction of sp³-hybridized carbons (Fsp3) is 0.438. The first-order valence-corrected chi connectivity index (χ1v) is 9.73. The molecule has 1 heterocycles. The zero-order chi connectivity index (χ0) is 17.2. The van der Waals surface area contributed by atoms with Crippen LogP contribution in [0.15, 0.2) is 39.8 Å². The Morgan fingerprint density at radius 3 is 2.39 bits per heavy atom. The summed E-state index contributed by atoms with van der Waals surface area (Å²) in [6.45, 7) is 4.51. The number of halogens is 1. The molecule has 0 aliphatic heterocycles. The maximum atomic E-state index is 12.7. The van der Waals surface area contributed by atoms with Gasteiger partial charge >= 0.3 is 0 Å². The molecule has 0 amide bonds. The van der Waals surface area contributed by atoms with Crippen LogP contribution in [0, 0.1) is 0 Å². The summed E-state index contributed by atoms with van der Waals surface area (Å²) >= 11 is 3.40. The molecule has 0 spiro atoms. The maximum absolute atomic E-state index is 12.7. The van der Waals surface area contributed by atoms with Crippen LogP contribution in [0.25, 0.3) is 0 Å². The van der Waals surface area contributed by atoms with Crippen molar-refractivity contribution < 1.29 is 8.42 Å². The van der Waals surface area contributed by atoms with E-state index in [1.54, 1.807) is 37.1 Å². The minimum absolute atomic E-state index is 0.256. The van der Waals surface area contributed by atoms with Crippen LogP contribution in [0.3, 0.4) is 0 Å². The summed E-state index contributed by atoms with van der Waals surface area (Å²) in [6, 6.07) is 7.17. The Morgan fingerprint density at radius 1 is 1.30 bits per heavy atom. The van der Waals surface area contributed by atoms with Gasteiger partial charge in [-0.2, -0.15) is 9.40 Å². The molecular weight excluding hydrogens is 378 g/mol. The molecule has 0 N–H and O–H groups in total. The van der Waals surface area contributed by atoms with E-state index in [4.69, 9.17) is 0 Å². The first-order chi connectivity index (χ1) is 10.8. The zero-order valence-electron chi connectivity index (χ0n) is 13.8. The van der Waals surface area contributed by atoms with Crippen molar-refractivity contribution in [3.05, 3.63) is 46.2 Å². The van der Waals surface area contributed by atoms with Crippen LogP contribution < -0.4 is 0 Å². The third-order valence-electron chi connectivity index (χ3n) is 4.15. The molecule has 1 aromatic heterocycles. The molecule has 0 saturated heterocycles. The van der Waals surface area contributed by atoms with Gasteiger partial charge in [-0.15, -0.1) is 0 Å². The molecule has 0 aliphatic rings. The third-order valence-corrected chi connectivity index (χ3v) is 6.63. The third kappa shape index (κ3) is 3.84. The van der Waals surface area contributed by atoms with Gasteiger partial charge in [-0.1, -0.05) is 26.0 Å². The van der Waals surface area contributed by atoms with Crippen LogP contribution in [0.1, 0.15) is 37.4 Å². The van der Waals surface area contributed by atoms with Crippen molar-refractivity contribution in [2.75, 3.05) is 7.05 Å². The molecule has 23 heavy (non-hydrogen) atoms. The highest BCUT2D eigenvalue weighted by molar-refractivity contribution is 9.10. The largest absolute Gasteiger partial charge is 0.270 e. The van der Waals surface area contributed by atoms with Gasteiger partial charge in [0.05, 0.1) is 27.8 Å². The van der Waals surface area contributed by atoms with Gasteiger partial charge in [-0.05, 0) is 46.0 Å². The second-order valence-corrected chi connectivity index (χ2v) is 8.60. The van der Waals surface area contributed by atoms with Gasteiger partial charge in [-0.25, -0.2) is 8.42 Å². The molecule has 0 radical (unpaired) electrons. The molecule has 0 saturated carbocycles. The molecule has 5 nitrogen and oxygen atoms in total. The minimum atomic E-state index is -3.53. The quantitative estimate of drug-likeness (QED) is 0.746. The predicted octanol–water partition coefficient (Wildman–Crippen LogP) is 3.52. The fourth-order valence-electron chi connectivity index (χ4n) is 2.29. The van der Waals surface area contributed by atoms with Crippen molar-refractivity contribution in [2.45, 2.75) is 37.6 Å². The summed E-state index contributed by atoms with van der Waals surface area (Å²) in [5.41, 5.74) is 1.97. The number of hydrogen-bond donors (Lipinski definition) is 0. The molecule has 2 rings (SSSR count). The van der Waals surface area contributed by atoms with Gasteiger partial charge in [0.1, 0.15) is 0 Å². The molecule has 126 valence electrons. The van der Waals surface area contributed by atoms with E-state index in [-0.39, 0.29) is 6.54 Å². The Bertz CT molecular complexity index is 750. The Balaban J connectivity index is 2.23. The topological polar surface area (TPSA) is 55.2 Å². The van der Waals surface area contributed by atoms with E-state index in [9.17, 15) is 8.42 Å². The number of aryl methyl sites for hydroxylation is 1.